The van der Waals surface area contributed by atoms with Crippen LogP contribution in [0.1, 0.15) is 41.0 Å². The average Bonchev–Trinajstić information content (AvgIpc) is 1.98. The number of hydrogen-bond acceptors (Lipinski definition) is 2. The molecule has 0 aliphatic rings. The Morgan fingerprint density at radius 1 is 1.27 bits per heavy atom. The first-order chi connectivity index (χ1) is 6.73. The number of nitroso groups, excluding NO2 is 1. The van der Waals surface area contributed by atoms with Crippen molar-refractivity contribution in [1.82, 2.24) is 5.32 Å². The number of hydrogen-bond donors (Lipinski definition) is 1. The van der Waals surface area contributed by atoms with E-state index in [2.05, 4.69) is 39.9 Å². The Kier molecular flexibility index (Phi) is 6.03. The molecule has 0 aromatic carbocycles. The number of rotatable bonds is 7. The van der Waals surface area contributed by atoms with Crippen LogP contribution >= 0.6 is 0 Å². The zero-order valence-corrected chi connectivity index (χ0v) is 11.1. The summed E-state index contributed by atoms with van der Waals surface area (Å²) in [7, 11) is 1.59. The smallest absolute Gasteiger partial charge is 0.194 e. The highest BCUT2D eigenvalue weighted by Crippen LogP contribution is 2.16. The lowest BCUT2D eigenvalue weighted by molar-refractivity contribution is -0.526. The van der Waals surface area contributed by atoms with Gasteiger partial charge in [0.1, 0.15) is 0 Å². The maximum atomic E-state index is 10.9. The Morgan fingerprint density at radius 2 is 1.80 bits per heavy atom. The Labute approximate surface area is 94.2 Å². The molecule has 0 aromatic rings. The third kappa shape index (κ3) is 8.55. The molecule has 0 heterocycles. The summed E-state index contributed by atoms with van der Waals surface area (Å²) in [6, 6.07) is 0. The van der Waals surface area contributed by atoms with Crippen molar-refractivity contribution in [3.63, 3.8) is 0 Å². The highest BCUT2D eigenvalue weighted by molar-refractivity contribution is 4.79. The van der Waals surface area contributed by atoms with Crippen LogP contribution in [0, 0.1) is 16.7 Å². The summed E-state index contributed by atoms with van der Waals surface area (Å²) in [4.78, 5) is 10.9. The molecule has 3 nitrogen and oxygen atoms in total. The standard InChI is InChI=1S/C12H27N2O/c1-10(2)8-13-12(4,5)7-11(3)9-14(6)15/h10-11,13H,7-9H2,1-6H3/q+1. The molecule has 0 aliphatic carbocycles. The third-order valence-electron chi connectivity index (χ3n) is 2.42. The summed E-state index contributed by atoms with van der Waals surface area (Å²) in [5.41, 5.74) is 0.125. The van der Waals surface area contributed by atoms with Gasteiger partial charge in [-0.1, -0.05) is 20.8 Å². The lowest BCUT2D eigenvalue weighted by atomic mass is 9.91. The summed E-state index contributed by atoms with van der Waals surface area (Å²) < 4.78 is 1.02. The molecule has 0 amide bonds. The first-order valence-corrected chi connectivity index (χ1v) is 5.86. The van der Waals surface area contributed by atoms with Crippen LogP contribution in [-0.4, -0.2) is 30.4 Å². The highest BCUT2D eigenvalue weighted by Gasteiger charge is 2.23. The normalized spacial score (nSPS) is 14.3. The molecule has 1 N–H and O–H groups in total. The molecule has 1 atom stereocenters. The molecular weight excluding hydrogens is 188 g/mol. The van der Waals surface area contributed by atoms with Gasteiger partial charge in [-0.3, -0.25) is 0 Å². The van der Waals surface area contributed by atoms with Gasteiger partial charge in [0, 0.05) is 16.4 Å². The van der Waals surface area contributed by atoms with Crippen LogP contribution in [0.5, 0.6) is 0 Å². The van der Waals surface area contributed by atoms with Crippen molar-refractivity contribution in [2.24, 2.45) is 11.8 Å². The quantitative estimate of drug-likeness (QED) is 0.662. The van der Waals surface area contributed by atoms with Gasteiger partial charge in [-0.2, -0.15) is 0 Å². The average molecular weight is 215 g/mol. The second-order valence-corrected chi connectivity index (χ2v) is 5.78. The van der Waals surface area contributed by atoms with Crippen molar-refractivity contribution in [2.75, 3.05) is 20.1 Å². The van der Waals surface area contributed by atoms with Gasteiger partial charge in [-0.05, 0) is 37.5 Å². The summed E-state index contributed by atoms with van der Waals surface area (Å²) in [5.74, 6) is 1.10. The minimum atomic E-state index is 0.125. The van der Waals surface area contributed by atoms with E-state index in [4.69, 9.17) is 0 Å². The topological polar surface area (TPSA) is 32.1 Å². The van der Waals surface area contributed by atoms with Crippen molar-refractivity contribution < 1.29 is 4.76 Å². The van der Waals surface area contributed by atoms with E-state index < -0.39 is 0 Å². The SMILES string of the molecule is CC(C)CNC(C)(C)CC(C)C[N+](C)=O. The molecular formula is C12H27N2O+. The van der Waals surface area contributed by atoms with E-state index in [9.17, 15) is 4.91 Å². The van der Waals surface area contributed by atoms with Crippen LogP contribution in [0.25, 0.3) is 0 Å². The van der Waals surface area contributed by atoms with Crippen molar-refractivity contribution >= 4 is 0 Å². The molecule has 0 saturated heterocycles. The number of nitrogens with zero attached hydrogens (tertiary/aromatic N) is 1. The van der Waals surface area contributed by atoms with E-state index in [1.54, 1.807) is 7.05 Å². The molecule has 0 bridgehead atoms. The van der Waals surface area contributed by atoms with Crippen molar-refractivity contribution in [1.29, 1.82) is 0 Å². The Morgan fingerprint density at radius 3 is 2.20 bits per heavy atom. The predicted molar refractivity (Wildman–Crippen MR) is 65.1 cm³/mol. The van der Waals surface area contributed by atoms with Gasteiger partial charge in [0.05, 0.1) is 0 Å². The maximum absolute atomic E-state index is 10.9. The predicted octanol–water partition coefficient (Wildman–Crippen LogP) is 2.45. The lowest BCUT2D eigenvalue weighted by Gasteiger charge is -2.29. The van der Waals surface area contributed by atoms with Gasteiger partial charge in [0.2, 0.25) is 0 Å². The van der Waals surface area contributed by atoms with Gasteiger partial charge >= 0.3 is 0 Å². The molecule has 0 rings (SSSR count). The minimum Gasteiger partial charge on any atom is -0.312 e. The monoisotopic (exact) mass is 215 g/mol. The van der Waals surface area contributed by atoms with E-state index in [0.717, 1.165) is 17.7 Å². The van der Waals surface area contributed by atoms with Gasteiger partial charge < -0.3 is 5.32 Å². The van der Waals surface area contributed by atoms with E-state index in [1.807, 2.05) is 0 Å². The molecule has 0 aromatic heterocycles. The van der Waals surface area contributed by atoms with Crippen molar-refractivity contribution in [3.05, 3.63) is 4.91 Å². The summed E-state index contributed by atoms with van der Waals surface area (Å²) in [5, 5.41) is 3.54. The lowest BCUT2D eigenvalue weighted by Crippen LogP contribution is -2.43. The first kappa shape index (κ1) is 14.6. The molecule has 0 spiro atoms. The fraction of sp³-hybridized carbons (Fsp3) is 1.00. The second kappa shape index (κ2) is 6.21. The summed E-state index contributed by atoms with van der Waals surface area (Å²) in [6.07, 6.45) is 1.03. The van der Waals surface area contributed by atoms with Crippen molar-refractivity contribution in [3.8, 4) is 0 Å². The highest BCUT2D eigenvalue weighted by atomic mass is 16.3. The maximum Gasteiger partial charge on any atom is 0.194 e. The molecule has 1 unspecified atom stereocenters. The minimum absolute atomic E-state index is 0.125. The fourth-order valence-electron chi connectivity index (χ4n) is 1.93. The first-order valence-electron chi connectivity index (χ1n) is 5.86. The van der Waals surface area contributed by atoms with E-state index in [1.165, 1.54) is 0 Å². The van der Waals surface area contributed by atoms with Crippen LogP contribution in [0.4, 0.5) is 0 Å². The van der Waals surface area contributed by atoms with Crippen molar-refractivity contribution in [2.45, 2.75) is 46.6 Å². The fourth-order valence-corrected chi connectivity index (χ4v) is 1.93. The zero-order chi connectivity index (χ0) is 12.1. The summed E-state index contributed by atoms with van der Waals surface area (Å²) >= 11 is 0. The third-order valence-corrected chi connectivity index (χ3v) is 2.42. The van der Waals surface area contributed by atoms with Crippen LogP contribution in [0.15, 0.2) is 0 Å². The zero-order valence-electron chi connectivity index (χ0n) is 11.1. The van der Waals surface area contributed by atoms with Gasteiger partial charge in [0.25, 0.3) is 0 Å². The molecule has 90 valence electrons. The molecule has 0 aliphatic heterocycles. The molecule has 15 heavy (non-hydrogen) atoms. The molecule has 3 heteroatoms. The van der Waals surface area contributed by atoms with Crippen LogP contribution in [0.3, 0.4) is 0 Å². The van der Waals surface area contributed by atoms with E-state index in [-0.39, 0.29) is 5.54 Å². The number of nitrogens with one attached hydrogen (secondary N) is 1. The van der Waals surface area contributed by atoms with Gasteiger partial charge in [0.15, 0.2) is 13.6 Å². The Bertz CT molecular complexity index is 200. The Hall–Kier alpha value is -0.440. The van der Waals surface area contributed by atoms with Crippen LogP contribution in [-0.2, 0) is 0 Å². The largest absolute Gasteiger partial charge is 0.312 e. The van der Waals surface area contributed by atoms with Gasteiger partial charge in [-0.15, -0.1) is 0 Å². The summed E-state index contributed by atoms with van der Waals surface area (Å²) in [6.45, 7) is 12.6. The van der Waals surface area contributed by atoms with Crippen LogP contribution < -0.4 is 5.32 Å². The molecule has 0 saturated carbocycles. The van der Waals surface area contributed by atoms with E-state index >= 15 is 0 Å². The Balaban J connectivity index is 3.95. The second-order valence-electron chi connectivity index (χ2n) is 5.78. The molecule has 0 radical (unpaired) electrons. The van der Waals surface area contributed by atoms with Gasteiger partial charge in [-0.25, -0.2) is 0 Å². The van der Waals surface area contributed by atoms with E-state index in [0.29, 0.717) is 18.4 Å². The molecule has 0 fully saturated rings. The van der Waals surface area contributed by atoms with Crippen LogP contribution in [0.2, 0.25) is 0 Å².